The van der Waals surface area contributed by atoms with Gasteiger partial charge in [0, 0.05) is 16.7 Å². The monoisotopic (exact) mass is 472 g/mol. The maximum Gasteiger partial charge on any atom is 0.250 e. The van der Waals surface area contributed by atoms with Crippen LogP contribution in [0.25, 0.3) is 0 Å². The molecule has 2 aromatic carbocycles. The summed E-state index contributed by atoms with van der Waals surface area (Å²) in [6, 6.07) is 5.65. The highest BCUT2D eigenvalue weighted by atomic mass is 28.4. The van der Waals surface area contributed by atoms with Gasteiger partial charge in [0.25, 0.3) is 0 Å². The molecule has 0 saturated carbocycles. The van der Waals surface area contributed by atoms with Gasteiger partial charge in [-0.15, -0.1) is 0 Å². The number of hydrogen-bond acceptors (Lipinski definition) is 5. The Hall–Kier alpha value is -2.47. The summed E-state index contributed by atoms with van der Waals surface area (Å²) in [6.45, 7) is 19.0. The van der Waals surface area contributed by atoms with Gasteiger partial charge in [0.2, 0.25) is 8.32 Å². The predicted octanol–water partition coefficient (Wildman–Crippen LogP) is 7.07. The molecule has 0 aliphatic rings. The van der Waals surface area contributed by atoms with Crippen LogP contribution in [-0.4, -0.2) is 35.4 Å². The summed E-state index contributed by atoms with van der Waals surface area (Å²) in [6.07, 6.45) is 0. The van der Waals surface area contributed by atoms with Gasteiger partial charge in [-0.1, -0.05) is 40.7 Å². The molecular formula is C27H40O5Si. The number of methoxy groups -OCH3 is 3. The maximum atomic E-state index is 14.0. The molecule has 33 heavy (non-hydrogen) atoms. The number of ketones is 1. The first-order valence-electron chi connectivity index (χ1n) is 11.4. The Morgan fingerprint density at radius 1 is 0.909 bits per heavy atom. The molecule has 2 aromatic rings. The average Bonchev–Trinajstić information content (AvgIpc) is 2.72. The van der Waals surface area contributed by atoms with E-state index in [4.69, 9.17) is 18.6 Å². The molecule has 2 rings (SSSR count). The smallest absolute Gasteiger partial charge is 0.250 e. The quantitative estimate of drug-likeness (QED) is 0.304. The van der Waals surface area contributed by atoms with Crippen LogP contribution in [0.4, 0.5) is 0 Å². The molecule has 0 bridgehead atoms. The first-order chi connectivity index (χ1) is 15.2. The number of carbonyl (C=O) groups is 1. The molecular weight excluding hydrogens is 432 g/mol. The minimum Gasteiger partial charge on any atom is -0.543 e. The van der Waals surface area contributed by atoms with Gasteiger partial charge in [-0.3, -0.25) is 4.79 Å². The van der Waals surface area contributed by atoms with Crippen molar-refractivity contribution >= 4 is 14.1 Å². The summed E-state index contributed by atoms with van der Waals surface area (Å²) in [4.78, 5) is 14.0. The summed E-state index contributed by atoms with van der Waals surface area (Å²) >= 11 is 0. The molecule has 0 aliphatic carbocycles. The lowest BCUT2D eigenvalue weighted by atomic mass is 9.90. The molecule has 0 fully saturated rings. The molecule has 0 saturated heterocycles. The molecule has 0 unspecified atom stereocenters. The third kappa shape index (κ3) is 5.06. The van der Waals surface area contributed by atoms with E-state index in [-0.39, 0.29) is 16.7 Å². The normalized spacial score (nSPS) is 12.0. The summed E-state index contributed by atoms with van der Waals surface area (Å²) in [5.74, 6) is 2.32. The molecule has 0 heterocycles. The van der Waals surface area contributed by atoms with Gasteiger partial charge in [0.15, 0.2) is 17.3 Å². The summed E-state index contributed by atoms with van der Waals surface area (Å²) in [5.41, 5.74) is 3.63. The lowest BCUT2D eigenvalue weighted by Gasteiger charge is -2.37. The second kappa shape index (κ2) is 9.80. The zero-order chi connectivity index (χ0) is 25.3. The zero-order valence-electron chi connectivity index (χ0n) is 22.4. The lowest BCUT2D eigenvalue weighted by molar-refractivity contribution is 0.103. The Morgan fingerprint density at radius 3 is 1.94 bits per heavy atom. The van der Waals surface area contributed by atoms with Crippen LogP contribution in [0.15, 0.2) is 18.2 Å². The summed E-state index contributed by atoms with van der Waals surface area (Å²) in [5, 5.41) is 0.0488. The van der Waals surface area contributed by atoms with Crippen LogP contribution in [-0.2, 0) is 0 Å². The van der Waals surface area contributed by atoms with Gasteiger partial charge in [0.1, 0.15) is 11.5 Å². The van der Waals surface area contributed by atoms with Crippen molar-refractivity contribution in [2.45, 2.75) is 72.5 Å². The SMILES string of the molecule is COc1cc(C(=O)c2c(C)ccc(O[Si](C)(C)C(C)(C)C)c2C)c(OC)c(C(C)C)c1OC. The van der Waals surface area contributed by atoms with E-state index in [1.54, 1.807) is 27.4 Å². The van der Waals surface area contributed by atoms with Crippen LogP contribution >= 0.6 is 0 Å². The van der Waals surface area contributed by atoms with E-state index in [1.165, 1.54) is 0 Å². The van der Waals surface area contributed by atoms with Gasteiger partial charge < -0.3 is 18.6 Å². The van der Waals surface area contributed by atoms with Crippen molar-refractivity contribution in [1.29, 1.82) is 0 Å². The molecule has 6 heteroatoms. The highest BCUT2D eigenvalue weighted by Crippen LogP contribution is 2.46. The minimum absolute atomic E-state index is 0.0488. The molecule has 5 nitrogen and oxygen atoms in total. The van der Waals surface area contributed by atoms with E-state index in [0.29, 0.717) is 28.4 Å². The Morgan fingerprint density at radius 2 is 1.48 bits per heavy atom. The first kappa shape index (κ1) is 26.8. The van der Waals surface area contributed by atoms with Gasteiger partial charge in [-0.2, -0.15) is 0 Å². The number of rotatable bonds is 8. The molecule has 0 atom stereocenters. The number of aryl methyl sites for hydroxylation is 1. The lowest BCUT2D eigenvalue weighted by Crippen LogP contribution is -2.44. The molecule has 0 radical (unpaired) electrons. The fourth-order valence-corrected chi connectivity index (χ4v) is 4.85. The minimum atomic E-state index is -2.07. The number of hydrogen-bond donors (Lipinski definition) is 0. The number of carbonyl (C=O) groups excluding carboxylic acids is 1. The van der Waals surface area contributed by atoms with Crippen molar-refractivity contribution in [2.24, 2.45) is 0 Å². The fraction of sp³-hybridized carbons (Fsp3) is 0.519. The average molecular weight is 473 g/mol. The van der Waals surface area contributed by atoms with E-state index >= 15 is 0 Å². The van der Waals surface area contributed by atoms with Crippen molar-refractivity contribution in [3.63, 3.8) is 0 Å². The van der Waals surface area contributed by atoms with Crippen molar-refractivity contribution in [3.8, 4) is 23.0 Å². The van der Waals surface area contributed by atoms with Crippen LogP contribution in [0.2, 0.25) is 18.1 Å². The van der Waals surface area contributed by atoms with Crippen LogP contribution < -0.4 is 18.6 Å². The molecule has 182 valence electrons. The third-order valence-electron chi connectivity index (χ3n) is 6.71. The van der Waals surface area contributed by atoms with E-state index in [1.807, 2.05) is 39.8 Å². The highest BCUT2D eigenvalue weighted by molar-refractivity contribution is 6.74. The molecule has 0 N–H and O–H groups in total. The first-order valence-corrected chi connectivity index (χ1v) is 14.3. The van der Waals surface area contributed by atoms with E-state index < -0.39 is 8.32 Å². The second-order valence-electron chi connectivity index (χ2n) is 10.3. The Bertz CT molecular complexity index is 1030. The largest absolute Gasteiger partial charge is 0.543 e. The van der Waals surface area contributed by atoms with Crippen LogP contribution in [0.3, 0.4) is 0 Å². The fourth-order valence-electron chi connectivity index (χ4n) is 3.77. The Balaban J connectivity index is 2.75. The standard InChI is InChI=1S/C27H40O5Si/c1-16(2)22-25(30-9)19(15-21(29-8)26(22)31-10)24(28)23-17(3)13-14-20(18(23)4)32-33(11,12)27(5,6)7/h13-16H,1-12H3. The van der Waals surface area contributed by atoms with Gasteiger partial charge in [0.05, 0.1) is 26.9 Å². The van der Waals surface area contributed by atoms with Crippen molar-refractivity contribution < 1.29 is 23.4 Å². The van der Waals surface area contributed by atoms with Crippen LogP contribution in [0.1, 0.15) is 73.1 Å². The molecule has 0 aromatic heterocycles. The zero-order valence-corrected chi connectivity index (χ0v) is 23.4. The Kier molecular flexibility index (Phi) is 7.95. The second-order valence-corrected chi connectivity index (χ2v) is 15.1. The topological polar surface area (TPSA) is 54.0 Å². The number of ether oxygens (including phenoxy) is 3. The summed E-state index contributed by atoms with van der Waals surface area (Å²) < 4.78 is 23.6. The summed E-state index contributed by atoms with van der Waals surface area (Å²) in [7, 11) is 2.69. The van der Waals surface area contributed by atoms with Gasteiger partial charge in [-0.25, -0.2) is 0 Å². The van der Waals surface area contributed by atoms with Crippen molar-refractivity contribution in [1.82, 2.24) is 0 Å². The van der Waals surface area contributed by atoms with E-state index in [9.17, 15) is 4.79 Å². The maximum absolute atomic E-state index is 14.0. The van der Waals surface area contributed by atoms with Crippen molar-refractivity contribution in [3.05, 3.63) is 46.0 Å². The van der Waals surface area contributed by atoms with Crippen molar-refractivity contribution in [2.75, 3.05) is 21.3 Å². The molecule has 0 aliphatic heterocycles. The van der Waals surface area contributed by atoms with E-state index in [2.05, 4.69) is 33.9 Å². The van der Waals surface area contributed by atoms with Gasteiger partial charge >= 0.3 is 0 Å². The predicted molar refractivity (Wildman–Crippen MR) is 137 cm³/mol. The van der Waals surface area contributed by atoms with E-state index in [0.717, 1.165) is 22.4 Å². The molecule has 0 spiro atoms. The number of benzene rings is 2. The highest BCUT2D eigenvalue weighted by Gasteiger charge is 2.39. The van der Waals surface area contributed by atoms with Crippen LogP contribution in [0, 0.1) is 13.8 Å². The van der Waals surface area contributed by atoms with Gasteiger partial charge in [-0.05, 0) is 55.6 Å². The Labute approximate surface area is 200 Å². The molecule has 0 amide bonds. The van der Waals surface area contributed by atoms with Crippen LogP contribution in [0.5, 0.6) is 23.0 Å². The third-order valence-corrected chi connectivity index (χ3v) is 11.0.